The molecule has 0 aromatic heterocycles. The van der Waals surface area contributed by atoms with E-state index >= 15 is 0 Å². The van der Waals surface area contributed by atoms with Crippen LogP contribution in [-0.2, 0) is 0 Å². The Kier molecular flexibility index (Phi) is 8.87. The zero-order valence-corrected chi connectivity index (χ0v) is 29.0. The Balaban J connectivity index is 1.21. The normalized spacial score (nSPS) is 11.0. The highest BCUT2D eigenvalue weighted by Gasteiger charge is 2.17. The molecule has 0 aliphatic carbocycles. The second-order valence-corrected chi connectivity index (χ2v) is 13.1. The van der Waals surface area contributed by atoms with Crippen molar-refractivity contribution in [2.45, 2.75) is 34.6 Å². The topological polar surface area (TPSA) is 6.48 Å². The minimum Gasteiger partial charge on any atom is -0.310 e. The fourth-order valence-electron chi connectivity index (χ4n) is 6.70. The van der Waals surface area contributed by atoms with Crippen molar-refractivity contribution in [2.75, 3.05) is 9.80 Å². The lowest BCUT2D eigenvalue weighted by Crippen LogP contribution is -2.11. The molecule has 240 valence electrons. The minimum atomic E-state index is 1.13. The van der Waals surface area contributed by atoms with Gasteiger partial charge in [0, 0.05) is 34.1 Å². The van der Waals surface area contributed by atoms with Crippen molar-refractivity contribution in [2.24, 2.45) is 0 Å². The molecule has 49 heavy (non-hydrogen) atoms. The van der Waals surface area contributed by atoms with Gasteiger partial charge in [0.15, 0.2) is 0 Å². The Morgan fingerprint density at radius 2 is 0.592 bits per heavy atom. The van der Waals surface area contributed by atoms with Gasteiger partial charge in [0.2, 0.25) is 0 Å². The molecule has 7 aromatic rings. The van der Waals surface area contributed by atoms with Gasteiger partial charge in [-0.2, -0.15) is 0 Å². The van der Waals surface area contributed by atoms with E-state index in [0.29, 0.717) is 0 Å². The summed E-state index contributed by atoms with van der Waals surface area (Å²) in [6.45, 7) is 10.8. The molecule has 0 radical (unpaired) electrons. The van der Waals surface area contributed by atoms with Crippen LogP contribution in [0.25, 0.3) is 22.3 Å². The molecule has 0 saturated heterocycles. The number of benzene rings is 7. The van der Waals surface area contributed by atoms with Gasteiger partial charge >= 0.3 is 0 Å². The molecule has 0 saturated carbocycles. The summed E-state index contributed by atoms with van der Waals surface area (Å²) in [6, 6.07) is 59.5. The van der Waals surface area contributed by atoms with Gasteiger partial charge in [0.05, 0.1) is 0 Å². The van der Waals surface area contributed by atoms with E-state index in [1.54, 1.807) is 0 Å². The van der Waals surface area contributed by atoms with Crippen molar-refractivity contribution in [3.63, 3.8) is 0 Å². The van der Waals surface area contributed by atoms with Gasteiger partial charge < -0.3 is 9.80 Å². The largest absolute Gasteiger partial charge is 0.310 e. The third-order valence-corrected chi connectivity index (χ3v) is 9.30. The standard InChI is InChI=1S/C47H42N2/c1-33-11-21-42(22-12-33)48(46-29-13-34(2)31-36(46)4)43-25-17-40(18-26-43)41-19-27-45(28-20-41)49(47-30-14-35(3)32-37(47)5)44-23-15-39(16-24-44)38-9-7-6-8-10-38/h6-32H,1-5H3. The van der Waals surface area contributed by atoms with E-state index in [4.69, 9.17) is 0 Å². The molecule has 7 rings (SSSR count). The van der Waals surface area contributed by atoms with Crippen LogP contribution in [-0.4, -0.2) is 0 Å². The second-order valence-electron chi connectivity index (χ2n) is 13.1. The SMILES string of the molecule is Cc1ccc(N(c2ccc(-c3ccc(N(c4ccc(-c5ccccc5)cc4)c4ccc(C)cc4C)cc3)cc2)c2ccc(C)cc2C)cc1. The van der Waals surface area contributed by atoms with Gasteiger partial charge in [0.1, 0.15) is 0 Å². The van der Waals surface area contributed by atoms with Crippen molar-refractivity contribution >= 4 is 34.1 Å². The van der Waals surface area contributed by atoms with Crippen LogP contribution in [0.1, 0.15) is 27.8 Å². The lowest BCUT2D eigenvalue weighted by atomic mass is 10.0. The molecule has 0 aliphatic heterocycles. The van der Waals surface area contributed by atoms with Crippen LogP contribution in [0.3, 0.4) is 0 Å². The molecule has 0 fully saturated rings. The summed E-state index contributed by atoms with van der Waals surface area (Å²) in [5.74, 6) is 0. The quantitative estimate of drug-likeness (QED) is 0.164. The van der Waals surface area contributed by atoms with E-state index in [1.807, 2.05) is 0 Å². The van der Waals surface area contributed by atoms with Crippen LogP contribution in [0, 0.1) is 34.6 Å². The lowest BCUT2D eigenvalue weighted by Gasteiger charge is -2.28. The zero-order chi connectivity index (χ0) is 33.9. The fraction of sp³-hybridized carbons (Fsp3) is 0.106. The smallest absolute Gasteiger partial charge is 0.0490 e. The molecule has 2 heteroatoms. The number of aryl methyl sites for hydroxylation is 5. The van der Waals surface area contributed by atoms with Crippen LogP contribution < -0.4 is 9.80 Å². The minimum absolute atomic E-state index is 1.13. The molecule has 2 nitrogen and oxygen atoms in total. The zero-order valence-electron chi connectivity index (χ0n) is 29.0. The first-order valence-electron chi connectivity index (χ1n) is 17.0. The number of hydrogen-bond donors (Lipinski definition) is 0. The van der Waals surface area contributed by atoms with Crippen molar-refractivity contribution < 1.29 is 0 Å². The Labute approximate surface area is 291 Å². The van der Waals surface area contributed by atoms with Gasteiger partial charge in [-0.05, 0) is 129 Å². The molecule has 7 aromatic carbocycles. The first-order chi connectivity index (χ1) is 23.8. The molecule has 0 heterocycles. The van der Waals surface area contributed by atoms with E-state index < -0.39 is 0 Å². The molecule has 0 spiro atoms. The first kappa shape index (κ1) is 31.7. The number of anilines is 6. The van der Waals surface area contributed by atoms with E-state index in [1.165, 1.54) is 61.4 Å². The Morgan fingerprint density at radius 3 is 0.939 bits per heavy atom. The average Bonchev–Trinajstić information content (AvgIpc) is 3.12. The Hall–Kier alpha value is -5.86. The maximum atomic E-state index is 2.36. The van der Waals surface area contributed by atoms with Crippen LogP contribution in [0.15, 0.2) is 164 Å². The van der Waals surface area contributed by atoms with Crippen molar-refractivity contribution in [3.05, 3.63) is 192 Å². The van der Waals surface area contributed by atoms with Crippen LogP contribution in [0.5, 0.6) is 0 Å². The van der Waals surface area contributed by atoms with Crippen molar-refractivity contribution in [1.29, 1.82) is 0 Å². The predicted molar refractivity (Wildman–Crippen MR) is 210 cm³/mol. The predicted octanol–water partition coefficient (Wildman–Crippen LogP) is 13.5. The molecule has 0 atom stereocenters. The summed E-state index contributed by atoms with van der Waals surface area (Å²) in [5, 5.41) is 0. The molecule has 0 aliphatic rings. The van der Waals surface area contributed by atoms with Crippen LogP contribution >= 0.6 is 0 Å². The molecule has 0 N–H and O–H groups in total. The third-order valence-electron chi connectivity index (χ3n) is 9.30. The number of hydrogen-bond acceptors (Lipinski definition) is 2. The van der Waals surface area contributed by atoms with E-state index in [9.17, 15) is 0 Å². The number of rotatable bonds is 8. The molecule has 0 unspecified atom stereocenters. The fourth-order valence-corrected chi connectivity index (χ4v) is 6.70. The summed E-state index contributed by atoms with van der Waals surface area (Å²) in [6.07, 6.45) is 0. The summed E-state index contributed by atoms with van der Waals surface area (Å²) < 4.78 is 0. The first-order valence-corrected chi connectivity index (χ1v) is 17.0. The van der Waals surface area contributed by atoms with Crippen molar-refractivity contribution in [1.82, 2.24) is 0 Å². The number of nitrogens with zero attached hydrogens (tertiary/aromatic N) is 2. The Bertz CT molecular complexity index is 2180. The molecule has 0 amide bonds. The summed E-state index contributed by atoms with van der Waals surface area (Å²) in [4.78, 5) is 4.71. The van der Waals surface area contributed by atoms with Gasteiger partial charge in [0.25, 0.3) is 0 Å². The molecule has 0 bridgehead atoms. The molecular weight excluding hydrogens is 593 g/mol. The van der Waals surface area contributed by atoms with Crippen molar-refractivity contribution in [3.8, 4) is 22.3 Å². The third kappa shape index (κ3) is 6.77. The van der Waals surface area contributed by atoms with Crippen LogP contribution in [0.4, 0.5) is 34.1 Å². The van der Waals surface area contributed by atoms with Gasteiger partial charge in [-0.25, -0.2) is 0 Å². The second kappa shape index (κ2) is 13.7. The lowest BCUT2D eigenvalue weighted by molar-refractivity contribution is 1.23. The van der Waals surface area contributed by atoms with E-state index in [-0.39, 0.29) is 0 Å². The van der Waals surface area contributed by atoms with Gasteiger partial charge in [-0.15, -0.1) is 0 Å². The highest BCUT2D eigenvalue weighted by atomic mass is 15.1. The maximum absolute atomic E-state index is 2.36. The van der Waals surface area contributed by atoms with E-state index in [0.717, 1.165) is 22.7 Å². The Morgan fingerprint density at radius 1 is 0.286 bits per heavy atom. The molecular formula is C47H42N2. The monoisotopic (exact) mass is 634 g/mol. The highest BCUT2D eigenvalue weighted by Crippen LogP contribution is 2.40. The summed E-state index contributed by atoms with van der Waals surface area (Å²) >= 11 is 0. The van der Waals surface area contributed by atoms with Gasteiger partial charge in [-0.3, -0.25) is 0 Å². The maximum Gasteiger partial charge on any atom is 0.0490 e. The average molecular weight is 635 g/mol. The summed E-state index contributed by atoms with van der Waals surface area (Å²) in [7, 11) is 0. The van der Waals surface area contributed by atoms with Crippen LogP contribution in [0.2, 0.25) is 0 Å². The summed E-state index contributed by atoms with van der Waals surface area (Å²) in [5.41, 5.74) is 18.0. The highest BCUT2D eigenvalue weighted by molar-refractivity contribution is 5.83. The van der Waals surface area contributed by atoms with Gasteiger partial charge in [-0.1, -0.05) is 120 Å². The van der Waals surface area contributed by atoms with E-state index in [2.05, 4.69) is 208 Å².